The summed E-state index contributed by atoms with van der Waals surface area (Å²) in [6.45, 7) is 2.42. The van der Waals surface area contributed by atoms with Crippen LogP contribution in [0.4, 0.5) is 4.79 Å². The molecule has 0 spiro atoms. The number of cyclic esters (lactones) is 1. The second-order valence-corrected chi connectivity index (χ2v) is 4.10. The molecule has 94 valence electrons. The Hall–Kier alpha value is -2.10. The maximum absolute atomic E-state index is 11.9. The zero-order chi connectivity index (χ0) is 13.0. The highest BCUT2D eigenvalue weighted by atomic mass is 16.6. The fraction of sp³-hybridized carbons (Fsp3) is 0.286. The van der Waals surface area contributed by atoms with Crippen LogP contribution < -0.4 is 0 Å². The van der Waals surface area contributed by atoms with E-state index in [0.717, 1.165) is 23.3 Å². The zero-order valence-corrected chi connectivity index (χ0v) is 10.3. The molecule has 2 amide bonds. The van der Waals surface area contributed by atoms with E-state index in [-0.39, 0.29) is 11.7 Å². The van der Waals surface area contributed by atoms with E-state index in [4.69, 9.17) is 4.74 Å². The molecule has 0 N–H and O–H groups in total. The van der Waals surface area contributed by atoms with Gasteiger partial charge in [0.2, 0.25) is 0 Å². The van der Waals surface area contributed by atoms with E-state index in [1.165, 1.54) is 0 Å². The van der Waals surface area contributed by atoms with Crippen molar-refractivity contribution in [2.45, 2.75) is 19.8 Å². The number of benzene rings is 1. The SMILES string of the molecule is CCCCN1C(=O)O/C(=C\c2ccccc2)C1=O. The molecule has 18 heavy (non-hydrogen) atoms. The van der Waals surface area contributed by atoms with Gasteiger partial charge in [0.25, 0.3) is 5.91 Å². The van der Waals surface area contributed by atoms with Crippen LogP contribution in [0.3, 0.4) is 0 Å². The fourth-order valence-electron chi connectivity index (χ4n) is 1.71. The molecule has 1 aliphatic rings. The minimum Gasteiger partial charge on any atom is -0.404 e. The van der Waals surface area contributed by atoms with E-state index in [1.54, 1.807) is 6.08 Å². The summed E-state index contributed by atoms with van der Waals surface area (Å²) < 4.78 is 4.99. The fourth-order valence-corrected chi connectivity index (χ4v) is 1.71. The summed E-state index contributed by atoms with van der Waals surface area (Å²) in [6, 6.07) is 9.31. The molecule has 0 saturated carbocycles. The summed E-state index contributed by atoms with van der Waals surface area (Å²) in [6.07, 6.45) is 2.73. The lowest BCUT2D eigenvalue weighted by Crippen LogP contribution is -2.29. The number of amides is 2. The molecule has 0 radical (unpaired) electrons. The lowest BCUT2D eigenvalue weighted by molar-refractivity contribution is -0.123. The van der Waals surface area contributed by atoms with Crippen LogP contribution in [0.5, 0.6) is 0 Å². The highest BCUT2D eigenvalue weighted by Crippen LogP contribution is 2.19. The van der Waals surface area contributed by atoms with Gasteiger partial charge in [0.05, 0.1) is 0 Å². The molecule has 1 heterocycles. The first-order valence-corrected chi connectivity index (χ1v) is 6.03. The van der Waals surface area contributed by atoms with E-state index in [0.29, 0.717) is 6.54 Å². The number of nitrogens with zero attached hydrogens (tertiary/aromatic N) is 1. The maximum Gasteiger partial charge on any atom is 0.422 e. The van der Waals surface area contributed by atoms with Gasteiger partial charge in [-0.2, -0.15) is 0 Å². The topological polar surface area (TPSA) is 46.6 Å². The lowest BCUT2D eigenvalue weighted by Gasteiger charge is -2.07. The first kappa shape index (κ1) is 12.4. The quantitative estimate of drug-likeness (QED) is 0.766. The average molecular weight is 245 g/mol. The molecule has 0 aliphatic carbocycles. The molecule has 0 atom stereocenters. The molecule has 0 bridgehead atoms. The van der Waals surface area contributed by atoms with Crippen molar-refractivity contribution in [2.75, 3.05) is 6.54 Å². The van der Waals surface area contributed by atoms with Crippen LogP contribution in [0.2, 0.25) is 0 Å². The number of carbonyl (C=O) groups excluding carboxylic acids is 2. The smallest absolute Gasteiger partial charge is 0.404 e. The maximum atomic E-state index is 11.9. The largest absolute Gasteiger partial charge is 0.422 e. The van der Waals surface area contributed by atoms with Crippen LogP contribution in [-0.2, 0) is 9.53 Å². The molecule has 2 rings (SSSR count). The number of hydrogen-bond acceptors (Lipinski definition) is 3. The molecule has 0 aromatic heterocycles. The van der Waals surface area contributed by atoms with Crippen LogP contribution in [0.15, 0.2) is 36.1 Å². The normalized spacial score (nSPS) is 17.4. The van der Waals surface area contributed by atoms with Gasteiger partial charge in [0, 0.05) is 6.54 Å². The van der Waals surface area contributed by atoms with Crippen LogP contribution >= 0.6 is 0 Å². The van der Waals surface area contributed by atoms with E-state index in [1.807, 2.05) is 37.3 Å². The van der Waals surface area contributed by atoms with Gasteiger partial charge in [-0.25, -0.2) is 9.69 Å². The Morgan fingerprint density at radius 2 is 1.94 bits per heavy atom. The number of hydrogen-bond donors (Lipinski definition) is 0. The van der Waals surface area contributed by atoms with E-state index >= 15 is 0 Å². The second kappa shape index (κ2) is 5.49. The highest BCUT2D eigenvalue weighted by molar-refractivity contribution is 6.09. The molecule has 1 aromatic rings. The number of rotatable bonds is 4. The minimum atomic E-state index is -0.573. The van der Waals surface area contributed by atoms with Gasteiger partial charge in [-0.1, -0.05) is 43.7 Å². The van der Waals surface area contributed by atoms with Crippen molar-refractivity contribution in [2.24, 2.45) is 0 Å². The van der Waals surface area contributed by atoms with E-state index in [9.17, 15) is 9.59 Å². The van der Waals surface area contributed by atoms with Gasteiger partial charge in [-0.15, -0.1) is 0 Å². The number of unbranched alkanes of at least 4 members (excludes halogenated alkanes) is 1. The monoisotopic (exact) mass is 245 g/mol. The number of imide groups is 1. The standard InChI is InChI=1S/C14H15NO3/c1-2-3-9-15-13(16)12(18-14(15)17)10-11-7-5-4-6-8-11/h4-8,10H,2-3,9H2,1H3/b12-10-. The van der Waals surface area contributed by atoms with E-state index < -0.39 is 6.09 Å². The summed E-state index contributed by atoms with van der Waals surface area (Å²) in [7, 11) is 0. The van der Waals surface area contributed by atoms with Crippen LogP contribution in [0.25, 0.3) is 6.08 Å². The molecule has 1 fully saturated rings. The lowest BCUT2D eigenvalue weighted by atomic mass is 10.2. The predicted octanol–water partition coefficient (Wildman–Crippen LogP) is 2.81. The van der Waals surface area contributed by atoms with Crippen molar-refractivity contribution in [1.29, 1.82) is 0 Å². The van der Waals surface area contributed by atoms with Gasteiger partial charge in [-0.3, -0.25) is 4.79 Å². The van der Waals surface area contributed by atoms with Crippen molar-refractivity contribution in [3.05, 3.63) is 41.7 Å². The average Bonchev–Trinajstić information content (AvgIpc) is 2.64. The van der Waals surface area contributed by atoms with Crippen LogP contribution in [-0.4, -0.2) is 23.4 Å². The van der Waals surface area contributed by atoms with Gasteiger partial charge in [-0.05, 0) is 18.1 Å². The van der Waals surface area contributed by atoms with E-state index in [2.05, 4.69) is 0 Å². The molecule has 1 aliphatic heterocycles. The molecular formula is C14H15NO3. The Morgan fingerprint density at radius 1 is 1.22 bits per heavy atom. The van der Waals surface area contributed by atoms with Crippen molar-refractivity contribution in [3.8, 4) is 0 Å². The van der Waals surface area contributed by atoms with Crippen molar-refractivity contribution < 1.29 is 14.3 Å². The summed E-state index contributed by atoms with van der Waals surface area (Å²) in [5.74, 6) is -0.250. The van der Waals surface area contributed by atoms with Gasteiger partial charge in [0.1, 0.15) is 0 Å². The highest BCUT2D eigenvalue weighted by Gasteiger charge is 2.35. The van der Waals surface area contributed by atoms with Gasteiger partial charge in [0.15, 0.2) is 5.76 Å². The van der Waals surface area contributed by atoms with Crippen LogP contribution in [0.1, 0.15) is 25.3 Å². The molecule has 1 saturated heterocycles. The minimum absolute atomic E-state index is 0.0994. The molecule has 4 heteroatoms. The number of carbonyl (C=O) groups is 2. The first-order chi connectivity index (χ1) is 8.72. The third kappa shape index (κ3) is 2.59. The van der Waals surface area contributed by atoms with Crippen LogP contribution in [0, 0.1) is 0 Å². The Bertz CT molecular complexity index is 479. The Kier molecular flexibility index (Phi) is 3.77. The summed E-state index contributed by atoms with van der Waals surface area (Å²) in [5, 5.41) is 0. The molecular weight excluding hydrogens is 230 g/mol. The van der Waals surface area contributed by atoms with Gasteiger partial charge < -0.3 is 4.74 Å². The Labute approximate surface area is 106 Å². The predicted molar refractivity (Wildman–Crippen MR) is 67.5 cm³/mol. The Balaban J connectivity index is 2.15. The summed E-state index contributed by atoms with van der Waals surface area (Å²) in [4.78, 5) is 24.6. The van der Waals surface area contributed by atoms with Gasteiger partial charge >= 0.3 is 6.09 Å². The molecule has 4 nitrogen and oxygen atoms in total. The third-order valence-corrected chi connectivity index (χ3v) is 2.71. The number of ether oxygens (including phenoxy) is 1. The first-order valence-electron chi connectivity index (χ1n) is 6.03. The summed E-state index contributed by atoms with van der Waals surface area (Å²) >= 11 is 0. The molecule has 0 unspecified atom stereocenters. The van der Waals surface area contributed by atoms with Crippen molar-refractivity contribution in [1.82, 2.24) is 4.90 Å². The molecule has 1 aromatic carbocycles. The van der Waals surface area contributed by atoms with Crippen molar-refractivity contribution >= 4 is 18.1 Å². The second-order valence-electron chi connectivity index (χ2n) is 4.10. The zero-order valence-electron chi connectivity index (χ0n) is 10.3. The third-order valence-electron chi connectivity index (χ3n) is 2.71. The summed E-state index contributed by atoms with van der Waals surface area (Å²) in [5.41, 5.74) is 0.839. The Morgan fingerprint density at radius 3 is 2.61 bits per heavy atom. The van der Waals surface area contributed by atoms with Crippen molar-refractivity contribution in [3.63, 3.8) is 0 Å².